The van der Waals surface area contributed by atoms with E-state index in [2.05, 4.69) is 11.1 Å². The van der Waals surface area contributed by atoms with Gasteiger partial charge in [0, 0.05) is 23.4 Å². The molecule has 0 bridgehead atoms. The van der Waals surface area contributed by atoms with Crippen LogP contribution < -0.4 is 0 Å². The highest BCUT2D eigenvalue weighted by atomic mass is 19.1. The minimum absolute atomic E-state index is 0.201. The Morgan fingerprint density at radius 3 is 2.82 bits per heavy atom. The first-order valence-electron chi connectivity index (χ1n) is 7.26. The first-order chi connectivity index (χ1) is 10.8. The fraction of sp³-hybridized carbons (Fsp3) is 0.0526. The van der Waals surface area contributed by atoms with Crippen LogP contribution in [0.2, 0.25) is 0 Å². The second-order valence-electron chi connectivity index (χ2n) is 5.64. The molecule has 0 aliphatic heterocycles. The minimum atomic E-state index is -0.201. The molecule has 5 rings (SSSR count). The van der Waals surface area contributed by atoms with Crippen LogP contribution in [0, 0.1) is 5.82 Å². The molecule has 4 aromatic rings. The SMILES string of the molecule is Fc1ccc2c(c1)Cc1nc3ccccc3c3nccc-2c13. The Bertz CT molecular complexity index is 1070. The Kier molecular flexibility index (Phi) is 2.20. The van der Waals surface area contributed by atoms with Crippen LogP contribution in [0.15, 0.2) is 54.7 Å². The van der Waals surface area contributed by atoms with Crippen molar-refractivity contribution >= 4 is 21.8 Å². The standard InChI is InChI=1S/C19H11FN2/c20-12-5-6-13-11(9-12)10-17-18-14(13)7-8-21-19(18)15-3-1-2-4-16(15)22-17/h1-9H,10H2. The number of pyridine rings is 2. The van der Waals surface area contributed by atoms with E-state index in [4.69, 9.17) is 4.98 Å². The van der Waals surface area contributed by atoms with Gasteiger partial charge in [-0.1, -0.05) is 24.3 Å². The number of hydrogen-bond donors (Lipinski definition) is 0. The van der Waals surface area contributed by atoms with Crippen molar-refractivity contribution in [3.8, 4) is 11.1 Å². The number of benzene rings is 2. The average Bonchev–Trinajstić information content (AvgIpc) is 2.55. The predicted octanol–water partition coefficient (Wildman–Crippen LogP) is 4.49. The molecule has 2 nitrogen and oxygen atoms in total. The smallest absolute Gasteiger partial charge is 0.123 e. The summed E-state index contributed by atoms with van der Waals surface area (Å²) in [5, 5.41) is 2.16. The number of aromatic nitrogens is 2. The summed E-state index contributed by atoms with van der Waals surface area (Å²) in [6, 6.07) is 15.0. The molecule has 0 unspecified atom stereocenters. The minimum Gasteiger partial charge on any atom is -0.255 e. The van der Waals surface area contributed by atoms with Crippen molar-refractivity contribution in [3.63, 3.8) is 0 Å². The summed E-state index contributed by atoms with van der Waals surface area (Å²) in [5.41, 5.74) is 6.07. The van der Waals surface area contributed by atoms with Crippen LogP contribution in [-0.4, -0.2) is 9.97 Å². The van der Waals surface area contributed by atoms with Crippen LogP contribution in [0.1, 0.15) is 11.3 Å². The summed E-state index contributed by atoms with van der Waals surface area (Å²) in [7, 11) is 0. The van der Waals surface area contributed by atoms with Gasteiger partial charge in [-0.15, -0.1) is 0 Å². The summed E-state index contributed by atoms with van der Waals surface area (Å²) in [5.74, 6) is -0.201. The van der Waals surface area contributed by atoms with E-state index in [9.17, 15) is 4.39 Å². The number of halogens is 1. The third-order valence-corrected chi connectivity index (χ3v) is 4.37. The molecule has 1 aliphatic rings. The van der Waals surface area contributed by atoms with E-state index >= 15 is 0 Å². The molecule has 0 spiro atoms. The Hall–Kier alpha value is -2.81. The number of fused-ring (bicyclic) bond motifs is 4. The van der Waals surface area contributed by atoms with Gasteiger partial charge in [-0.3, -0.25) is 9.97 Å². The summed E-state index contributed by atoms with van der Waals surface area (Å²) in [4.78, 5) is 9.39. The quantitative estimate of drug-likeness (QED) is 0.392. The third kappa shape index (κ3) is 1.48. The van der Waals surface area contributed by atoms with Crippen molar-refractivity contribution in [2.45, 2.75) is 6.42 Å². The van der Waals surface area contributed by atoms with E-state index in [1.807, 2.05) is 36.5 Å². The fourth-order valence-corrected chi connectivity index (χ4v) is 3.43. The van der Waals surface area contributed by atoms with Gasteiger partial charge in [-0.25, -0.2) is 4.39 Å². The van der Waals surface area contributed by atoms with E-state index in [0.29, 0.717) is 6.42 Å². The molecule has 2 aromatic carbocycles. The first kappa shape index (κ1) is 11.8. The molecule has 1 aliphatic carbocycles. The van der Waals surface area contributed by atoms with Gasteiger partial charge in [-0.2, -0.15) is 0 Å². The van der Waals surface area contributed by atoms with Crippen LogP contribution in [0.25, 0.3) is 32.9 Å². The van der Waals surface area contributed by atoms with Crippen LogP contribution in [0.3, 0.4) is 0 Å². The molecule has 0 atom stereocenters. The number of para-hydroxylation sites is 1. The molecule has 104 valence electrons. The average molecular weight is 286 g/mol. The van der Waals surface area contributed by atoms with Gasteiger partial charge in [0.05, 0.1) is 16.7 Å². The normalized spacial score (nSPS) is 12.6. The molecule has 0 saturated heterocycles. The Morgan fingerprint density at radius 2 is 1.86 bits per heavy atom. The van der Waals surface area contributed by atoms with Gasteiger partial charge < -0.3 is 0 Å². The number of rotatable bonds is 0. The molecule has 0 N–H and O–H groups in total. The van der Waals surface area contributed by atoms with E-state index in [0.717, 1.165) is 44.2 Å². The molecule has 0 radical (unpaired) electrons. The van der Waals surface area contributed by atoms with Gasteiger partial charge in [0.2, 0.25) is 0 Å². The lowest BCUT2D eigenvalue weighted by Gasteiger charge is -2.20. The molecule has 0 amide bonds. The summed E-state index contributed by atoms with van der Waals surface area (Å²) >= 11 is 0. The zero-order valence-electron chi connectivity index (χ0n) is 11.7. The Labute approximate surface area is 126 Å². The van der Waals surface area contributed by atoms with E-state index < -0.39 is 0 Å². The number of hydrogen-bond acceptors (Lipinski definition) is 2. The predicted molar refractivity (Wildman–Crippen MR) is 85.2 cm³/mol. The Morgan fingerprint density at radius 1 is 0.955 bits per heavy atom. The summed E-state index contributed by atoms with van der Waals surface area (Å²) in [6.45, 7) is 0. The zero-order valence-corrected chi connectivity index (χ0v) is 11.7. The summed E-state index contributed by atoms with van der Waals surface area (Å²) < 4.78 is 13.6. The maximum absolute atomic E-state index is 13.6. The van der Waals surface area contributed by atoms with Crippen LogP contribution in [0.5, 0.6) is 0 Å². The van der Waals surface area contributed by atoms with E-state index in [1.165, 1.54) is 6.07 Å². The second kappa shape index (κ2) is 4.10. The van der Waals surface area contributed by atoms with Crippen LogP contribution in [-0.2, 0) is 6.42 Å². The van der Waals surface area contributed by atoms with E-state index in [1.54, 1.807) is 6.07 Å². The highest BCUT2D eigenvalue weighted by Gasteiger charge is 2.21. The molecular weight excluding hydrogens is 275 g/mol. The van der Waals surface area contributed by atoms with Crippen molar-refractivity contribution in [1.82, 2.24) is 9.97 Å². The van der Waals surface area contributed by atoms with Crippen molar-refractivity contribution in [2.75, 3.05) is 0 Å². The van der Waals surface area contributed by atoms with Crippen molar-refractivity contribution < 1.29 is 4.39 Å². The van der Waals surface area contributed by atoms with Gasteiger partial charge >= 0.3 is 0 Å². The van der Waals surface area contributed by atoms with Crippen LogP contribution >= 0.6 is 0 Å². The Balaban J connectivity index is 2.00. The zero-order chi connectivity index (χ0) is 14.7. The molecule has 22 heavy (non-hydrogen) atoms. The van der Waals surface area contributed by atoms with Crippen molar-refractivity contribution in [3.05, 3.63) is 71.8 Å². The van der Waals surface area contributed by atoms with Gasteiger partial charge in [-0.05, 0) is 41.0 Å². The first-order valence-corrected chi connectivity index (χ1v) is 7.26. The largest absolute Gasteiger partial charge is 0.255 e. The molecule has 2 heterocycles. The monoisotopic (exact) mass is 286 g/mol. The topological polar surface area (TPSA) is 25.8 Å². The fourth-order valence-electron chi connectivity index (χ4n) is 3.43. The van der Waals surface area contributed by atoms with Gasteiger partial charge in [0.15, 0.2) is 0 Å². The van der Waals surface area contributed by atoms with Crippen molar-refractivity contribution in [1.29, 1.82) is 0 Å². The lowest BCUT2D eigenvalue weighted by atomic mass is 9.87. The maximum Gasteiger partial charge on any atom is 0.123 e. The van der Waals surface area contributed by atoms with Gasteiger partial charge in [0.1, 0.15) is 5.82 Å². The lowest BCUT2D eigenvalue weighted by molar-refractivity contribution is 0.626. The number of nitrogens with zero attached hydrogens (tertiary/aromatic N) is 2. The van der Waals surface area contributed by atoms with Crippen LogP contribution in [0.4, 0.5) is 4.39 Å². The lowest BCUT2D eigenvalue weighted by Crippen LogP contribution is -2.05. The highest BCUT2D eigenvalue weighted by molar-refractivity contribution is 6.10. The summed E-state index contributed by atoms with van der Waals surface area (Å²) in [6.07, 6.45) is 2.47. The molecular formula is C19H11FN2. The highest BCUT2D eigenvalue weighted by Crippen LogP contribution is 2.40. The molecule has 3 heteroatoms. The van der Waals surface area contributed by atoms with Gasteiger partial charge in [0.25, 0.3) is 0 Å². The second-order valence-corrected chi connectivity index (χ2v) is 5.64. The molecule has 0 fully saturated rings. The van der Waals surface area contributed by atoms with E-state index in [-0.39, 0.29) is 5.82 Å². The van der Waals surface area contributed by atoms with Crippen molar-refractivity contribution in [2.24, 2.45) is 0 Å². The molecule has 0 saturated carbocycles. The molecule has 2 aromatic heterocycles. The third-order valence-electron chi connectivity index (χ3n) is 4.37. The maximum atomic E-state index is 13.6.